The van der Waals surface area contributed by atoms with E-state index in [1.54, 1.807) is 49.4 Å². The molecule has 2 rings (SSSR count). The van der Waals surface area contributed by atoms with Crippen LogP contribution in [0.25, 0.3) is 0 Å². The summed E-state index contributed by atoms with van der Waals surface area (Å²) in [5.74, 6) is -0.0535. The predicted octanol–water partition coefficient (Wildman–Crippen LogP) is 4.21. The van der Waals surface area contributed by atoms with E-state index in [-0.39, 0.29) is 0 Å². The Morgan fingerprint density at radius 3 is 2.68 bits per heavy atom. The van der Waals surface area contributed by atoms with Crippen LogP contribution >= 0.6 is 23.2 Å². The number of nitrogens with one attached hydrogen (secondary N) is 1. The molecule has 0 radical (unpaired) electrons. The van der Waals surface area contributed by atoms with Crippen LogP contribution in [0.4, 0.5) is 5.69 Å². The summed E-state index contributed by atoms with van der Waals surface area (Å²) >= 11 is 11.9. The fourth-order valence-corrected chi connectivity index (χ4v) is 2.09. The van der Waals surface area contributed by atoms with Crippen LogP contribution in [0, 0.1) is 0 Å². The lowest BCUT2D eigenvalue weighted by Gasteiger charge is -2.16. The van der Waals surface area contributed by atoms with Gasteiger partial charge in [0.2, 0.25) is 0 Å². The highest BCUT2D eigenvalue weighted by Crippen LogP contribution is 2.26. The Balaban J connectivity index is 2.09. The molecule has 0 aliphatic heterocycles. The molecule has 0 bridgehead atoms. The van der Waals surface area contributed by atoms with E-state index in [0.717, 1.165) is 0 Å². The number of halogens is 2. The second kappa shape index (κ2) is 7.29. The van der Waals surface area contributed by atoms with Crippen LogP contribution in [0.2, 0.25) is 10.0 Å². The standard InChI is InChI=1S/C16H13Cl2NO3/c1-10(22-15-5-3-2-4-11(15)9-20)16(21)19-14-8-12(17)6-7-13(14)18/h2-10H,1H3,(H,19,21)/t10-/m1/s1. The number of amides is 1. The third-order valence-corrected chi connectivity index (χ3v) is 3.47. The van der Waals surface area contributed by atoms with E-state index in [1.807, 2.05) is 0 Å². The van der Waals surface area contributed by atoms with Crippen LogP contribution in [-0.4, -0.2) is 18.3 Å². The molecule has 1 atom stereocenters. The van der Waals surface area contributed by atoms with Gasteiger partial charge in [-0.2, -0.15) is 0 Å². The van der Waals surface area contributed by atoms with Gasteiger partial charge in [0, 0.05) is 5.02 Å². The fourth-order valence-electron chi connectivity index (χ4n) is 1.76. The number of rotatable bonds is 5. The number of hydrogen-bond donors (Lipinski definition) is 1. The fraction of sp³-hybridized carbons (Fsp3) is 0.125. The molecular formula is C16H13Cl2NO3. The SMILES string of the molecule is C[C@@H](Oc1ccccc1C=O)C(=O)Nc1cc(Cl)ccc1Cl. The topological polar surface area (TPSA) is 55.4 Å². The van der Waals surface area contributed by atoms with Crippen LogP contribution in [0.3, 0.4) is 0 Å². The second-order valence-electron chi connectivity index (χ2n) is 4.53. The average molecular weight is 338 g/mol. The molecule has 2 aromatic rings. The van der Waals surface area contributed by atoms with E-state index in [0.29, 0.717) is 33.3 Å². The van der Waals surface area contributed by atoms with Crippen LogP contribution in [0.5, 0.6) is 5.75 Å². The quantitative estimate of drug-likeness (QED) is 0.831. The van der Waals surface area contributed by atoms with E-state index >= 15 is 0 Å². The molecule has 0 spiro atoms. The van der Waals surface area contributed by atoms with E-state index in [4.69, 9.17) is 27.9 Å². The molecule has 0 unspecified atom stereocenters. The number of ether oxygens (including phenoxy) is 1. The van der Waals surface area contributed by atoms with Gasteiger partial charge in [-0.3, -0.25) is 9.59 Å². The van der Waals surface area contributed by atoms with Gasteiger partial charge in [-0.1, -0.05) is 35.3 Å². The molecule has 0 fully saturated rings. The molecule has 0 saturated heterocycles. The maximum absolute atomic E-state index is 12.2. The number of hydrogen-bond acceptors (Lipinski definition) is 3. The van der Waals surface area contributed by atoms with Gasteiger partial charge >= 0.3 is 0 Å². The van der Waals surface area contributed by atoms with E-state index in [9.17, 15) is 9.59 Å². The molecule has 0 aliphatic rings. The highest BCUT2D eigenvalue weighted by atomic mass is 35.5. The first kappa shape index (κ1) is 16.3. The first-order chi connectivity index (χ1) is 10.5. The maximum Gasteiger partial charge on any atom is 0.265 e. The zero-order valence-electron chi connectivity index (χ0n) is 11.7. The van der Waals surface area contributed by atoms with Gasteiger partial charge in [-0.25, -0.2) is 0 Å². The Bertz CT molecular complexity index is 704. The zero-order chi connectivity index (χ0) is 16.1. The summed E-state index contributed by atoms with van der Waals surface area (Å²) in [5, 5.41) is 3.47. The lowest BCUT2D eigenvalue weighted by Crippen LogP contribution is -2.30. The first-order valence-corrected chi connectivity index (χ1v) is 7.23. The first-order valence-electron chi connectivity index (χ1n) is 6.48. The van der Waals surface area contributed by atoms with Crippen molar-refractivity contribution in [2.45, 2.75) is 13.0 Å². The number of benzene rings is 2. The summed E-state index contributed by atoms with van der Waals surface area (Å²) < 4.78 is 5.52. The molecular weight excluding hydrogens is 325 g/mol. The van der Waals surface area contributed by atoms with Crippen LogP contribution in [-0.2, 0) is 4.79 Å². The number of para-hydroxylation sites is 1. The molecule has 6 heteroatoms. The van der Waals surface area contributed by atoms with Crippen molar-refractivity contribution in [3.8, 4) is 5.75 Å². The molecule has 1 amide bonds. The lowest BCUT2D eigenvalue weighted by molar-refractivity contribution is -0.122. The molecule has 0 aliphatic carbocycles. The number of carbonyl (C=O) groups is 2. The van der Waals surface area contributed by atoms with Crippen molar-refractivity contribution in [1.82, 2.24) is 0 Å². The smallest absolute Gasteiger partial charge is 0.265 e. The van der Waals surface area contributed by atoms with E-state index < -0.39 is 12.0 Å². The molecule has 2 aromatic carbocycles. The minimum Gasteiger partial charge on any atom is -0.480 e. The Labute approximate surface area is 138 Å². The van der Waals surface area contributed by atoms with Crippen LogP contribution in [0.1, 0.15) is 17.3 Å². The minimum absolute atomic E-state index is 0.345. The van der Waals surface area contributed by atoms with Crippen molar-refractivity contribution in [1.29, 1.82) is 0 Å². The predicted molar refractivity (Wildman–Crippen MR) is 87.0 cm³/mol. The molecule has 4 nitrogen and oxygen atoms in total. The van der Waals surface area contributed by atoms with Gasteiger partial charge in [0.1, 0.15) is 5.75 Å². The van der Waals surface area contributed by atoms with E-state index in [1.165, 1.54) is 0 Å². The van der Waals surface area contributed by atoms with Crippen molar-refractivity contribution in [2.24, 2.45) is 0 Å². The average Bonchev–Trinajstić information content (AvgIpc) is 2.51. The van der Waals surface area contributed by atoms with Crippen LogP contribution in [0.15, 0.2) is 42.5 Å². The van der Waals surface area contributed by atoms with Crippen molar-refractivity contribution >= 4 is 41.1 Å². The minimum atomic E-state index is -0.809. The zero-order valence-corrected chi connectivity index (χ0v) is 13.2. The van der Waals surface area contributed by atoms with E-state index in [2.05, 4.69) is 5.32 Å². The lowest BCUT2D eigenvalue weighted by atomic mass is 10.2. The Morgan fingerprint density at radius 1 is 1.23 bits per heavy atom. The molecule has 22 heavy (non-hydrogen) atoms. The van der Waals surface area contributed by atoms with Gasteiger partial charge in [0.05, 0.1) is 16.3 Å². The molecule has 0 saturated carbocycles. The summed E-state index contributed by atoms with van der Waals surface area (Å²) in [5.41, 5.74) is 0.779. The summed E-state index contributed by atoms with van der Waals surface area (Å²) in [6.07, 6.45) is -0.135. The summed E-state index contributed by atoms with van der Waals surface area (Å²) in [7, 11) is 0. The normalized spacial score (nSPS) is 11.6. The molecule has 0 heterocycles. The maximum atomic E-state index is 12.2. The van der Waals surface area contributed by atoms with Crippen molar-refractivity contribution in [3.05, 3.63) is 58.1 Å². The van der Waals surface area contributed by atoms with Gasteiger partial charge in [-0.05, 0) is 37.3 Å². The summed E-state index contributed by atoms with van der Waals surface area (Å²) in [6, 6.07) is 11.4. The Hall–Kier alpha value is -2.04. The molecule has 1 N–H and O–H groups in total. The number of aldehydes is 1. The third kappa shape index (κ3) is 4.00. The summed E-state index contributed by atoms with van der Waals surface area (Å²) in [4.78, 5) is 23.1. The highest BCUT2D eigenvalue weighted by Gasteiger charge is 2.17. The Morgan fingerprint density at radius 2 is 1.95 bits per heavy atom. The van der Waals surface area contributed by atoms with Gasteiger partial charge < -0.3 is 10.1 Å². The van der Waals surface area contributed by atoms with Gasteiger partial charge in [-0.15, -0.1) is 0 Å². The highest BCUT2D eigenvalue weighted by molar-refractivity contribution is 6.35. The van der Waals surface area contributed by atoms with Gasteiger partial charge in [0.25, 0.3) is 5.91 Å². The van der Waals surface area contributed by atoms with Gasteiger partial charge in [0.15, 0.2) is 12.4 Å². The van der Waals surface area contributed by atoms with Crippen molar-refractivity contribution in [3.63, 3.8) is 0 Å². The molecule has 114 valence electrons. The number of anilines is 1. The number of carbonyl (C=O) groups excluding carboxylic acids is 2. The monoisotopic (exact) mass is 337 g/mol. The van der Waals surface area contributed by atoms with Crippen molar-refractivity contribution < 1.29 is 14.3 Å². The molecule has 0 aromatic heterocycles. The Kier molecular flexibility index (Phi) is 5.41. The summed E-state index contributed by atoms with van der Waals surface area (Å²) in [6.45, 7) is 1.58. The van der Waals surface area contributed by atoms with Crippen LogP contribution < -0.4 is 10.1 Å². The van der Waals surface area contributed by atoms with Crippen molar-refractivity contribution in [2.75, 3.05) is 5.32 Å². The largest absolute Gasteiger partial charge is 0.480 e. The third-order valence-electron chi connectivity index (χ3n) is 2.91. The second-order valence-corrected chi connectivity index (χ2v) is 5.37.